The number of halogens is 1. The molecule has 5 heterocycles. The van der Waals surface area contributed by atoms with E-state index in [-0.39, 0.29) is 23.6 Å². The van der Waals surface area contributed by atoms with Crippen LogP contribution in [0.4, 0.5) is 21.5 Å². The maximum Gasteiger partial charge on any atom is 0.240 e. The van der Waals surface area contributed by atoms with Crippen molar-refractivity contribution >= 4 is 51.6 Å². The number of fused-ring (bicyclic) bond motifs is 3. The minimum atomic E-state index is -1.16. The Labute approximate surface area is 377 Å². The minimum Gasteiger partial charge on any atom is -0.495 e. The molecule has 1 aliphatic carbocycles. The number of carbonyl (C=O) groups excluding carboxylic acids is 4. The highest BCUT2D eigenvalue weighted by atomic mass is 19.1. The number of ether oxygens (including phenoxy) is 2. The number of hydrogen-bond donors (Lipinski definition) is 3. The molecular weight excluding hydrogens is 826 g/mol. The van der Waals surface area contributed by atoms with Gasteiger partial charge < -0.3 is 25.0 Å². The zero-order valence-electron chi connectivity index (χ0n) is 36.6. The smallest absolute Gasteiger partial charge is 0.240 e. The summed E-state index contributed by atoms with van der Waals surface area (Å²) < 4.78 is 25.6. The van der Waals surface area contributed by atoms with Crippen LogP contribution in [0.15, 0.2) is 97.2 Å². The summed E-state index contributed by atoms with van der Waals surface area (Å²) in [6, 6.07) is 28.1. The molecule has 5 fully saturated rings. The van der Waals surface area contributed by atoms with Crippen molar-refractivity contribution in [1.29, 1.82) is 0 Å². The van der Waals surface area contributed by atoms with Crippen molar-refractivity contribution in [2.75, 3.05) is 61.9 Å². The van der Waals surface area contributed by atoms with E-state index < -0.39 is 17.1 Å². The number of aromatic nitrogens is 1. The molecule has 336 valence electrons. The summed E-state index contributed by atoms with van der Waals surface area (Å²) in [6.45, 7) is 6.34. The number of pyridine rings is 1. The Morgan fingerprint density at radius 1 is 0.831 bits per heavy atom. The van der Waals surface area contributed by atoms with Gasteiger partial charge in [0.1, 0.15) is 28.5 Å². The number of nitrogens with zero attached hydrogens (tertiary/aromatic N) is 4. The SMILES string of the molecule is COc1cc2c(Oc3ccc(NC(=O)C4(C(=O)Nc5ccc(F)cc5)CC4)cc3)ccnc2cc1N1CCC(CN2C[C@@H]3C[C@H]2CN3CCc2ccc(C3CCC(=O)NC3=O)cc2)CC1. The summed E-state index contributed by atoms with van der Waals surface area (Å²) in [7, 11) is 1.70. The lowest BCUT2D eigenvalue weighted by Gasteiger charge is -2.39. The fourth-order valence-corrected chi connectivity index (χ4v) is 10.3. The van der Waals surface area contributed by atoms with Crippen LogP contribution in [0.2, 0.25) is 0 Å². The number of anilines is 3. The lowest BCUT2D eigenvalue weighted by atomic mass is 9.90. The summed E-state index contributed by atoms with van der Waals surface area (Å²) in [4.78, 5) is 62.6. The largest absolute Gasteiger partial charge is 0.495 e. The van der Waals surface area contributed by atoms with Gasteiger partial charge in [0.15, 0.2) is 0 Å². The Bertz CT molecular complexity index is 2600. The summed E-state index contributed by atoms with van der Waals surface area (Å²) in [6.07, 6.45) is 8.05. The number of benzene rings is 4. The zero-order chi connectivity index (χ0) is 44.7. The maximum absolute atomic E-state index is 13.3. The number of nitrogens with one attached hydrogen (secondary N) is 3. The lowest BCUT2D eigenvalue weighted by molar-refractivity contribution is -0.134. The first kappa shape index (κ1) is 42.6. The minimum absolute atomic E-state index is 0.180. The lowest BCUT2D eigenvalue weighted by Crippen LogP contribution is -2.49. The van der Waals surface area contributed by atoms with Gasteiger partial charge in [-0.25, -0.2) is 4.39 Å². The van der Waals surface area contributed by atoms with Gasteiger partial charge >= 0.3 is 0 Å². The van der Waals surface area contributed by atoms with Crippen LogP contribution in [0.1, 0.15) is 62.0 Å². The Hall–Kier alpha value is -6.38. The molecule has 2 bridgehead atoms. The molecular formula is C51H54FN7O6. The van der Waals surface area contributed by atoms with E-state index in [1.54, 1.807) is 37.6 Å². The molecule has 5 aliphatic rings. The van der Waals surface area contributed by atoms with Crippen LogP contribution in [-0.4, -0.2) is 96.9 Å². The molecule has 0 spiro atoms. The molecule has 1 unspecified atom stereocenters. The number of imide groups is 1. The van der Waals surface area contributed by atoms with Gasteiger partial charge in [-0.1, -0.05) is 24.3 Å². The van der Waals surface area contributed by atoms with E-state index in [1.807, 2.05) is 12.1 Å². The molecule has 4 amide bonds. The van der Waals surface area contributed by atoms with Crippen LogP contribution in [-0.2, 0) is 25.6 Å². The number of likely N-dealkylation sites (tertiary alicyclic amines) is 2. The van der Waals surface area contributed by atoms with Crippen LogP contribution >= 0.6 is 0 Å². The molecule has 1 aromatic heterocycles. The predicted octanol–water partition coefficient (Wildman–Crippen LogP) is 7.27. The van der Waals surface area contributed by atoms with Crippen molar-refractivity contribution in [3.05, 3.63) is 114 Å². The van der Waals surface area contributed by atoms with Crippen molar-refractivity contribution in [1.82, 2.24) is 20.1 Å². The molecule has 14 heteroatoms. The fraction of sp³-hybridized carbons (Fsp3) is 0.392. The van der Waals surface area contributed by atoms with Crippen molar-refractivity contribution in [3.8, 4) is 17.2 Å². The maximum atomic E-state index is 13.3. The second kappa shape index (κ2) is 17.9. The second-order valence-electron chi connectivity index (χ2n) is 18.4. The molecule has 65 heavy (non-hydrogen) atoms. The van der Waals surface area contributed by atoms with Crippen LogP contribution in [0, 0.1) is 17.2 Å². The third-order valence-electron chi connectivity index (χ3n) is 14.3. The van der Waals surface area contributed by atoms with Crippen LogP contribution in [0.25, 0.3) is 10.9 Å². The summed E-state index contributed by atoms with van der Waals surface area (Å²) in [5.74, 6) is 0.823. The third-order valence-corrected chi connectivity index (χ3v) is 14.3. The molecule has 0 radical (unpaired) electrons. The van der Waals surface area contributed by atoms with E-state index in [0.29, 0.717) is 66.6 Å². The van der Waals surface area contributed by atoms with E-state index in [4.69, 9.17) is 14.5 Å². The second-order valence-corrected chi connectivity index (χ2v) is 18.4. The number of piperazine rings is 1. The highest BCUT2D eigenvalue weighted by molar-refractivity contribution is 6.17. The van der Waals surface area contributed by atoms with Crippen molar-refractivity contribution in [2.24, 2.45) is 11.3 Å². The van der Waals surface area contributed by atoms with Crippen molar-refractivity contribution < 1.29 is 33.0 Å². The van der Waals surface area contributed by atoms with E-state index in [1.165, 1.54) is 36.2 Å². The summed E-state index contributed by atoms with van der Waals surface area (Å²) >= 11 is 0. The molecule has 10 rings (SSSR count). The normalized spacial score (nSPS) is 21.9. The number of hydrogen-bond acceptors (Lipinski definition) is 10. The number of rotatable bonds is 14. The number of methoxy groups -OCH3 is 1. The van der Waals surface area contributed by atoms with Gasteiger partial charge in [0, 0.05) is 80.7 Å². The van der Waals surface area contributed by atoms with Crippen molar-refractivity contribution in [3.63, 3.8) is 0 Å². The molecule has 4 aliphatic heterocycles. The van der Waals surface area contributed by atoms with Gasteiger partial charge in [-0.15, -0.1) is 0 Å². The monoisotopic (exact) mass is 879 g/mol. The Balaban J connectivity index is 0.698. The molecule has 13 nitrogen and oxygen atoms in total. The highest BCUT2D eigenvalue weighted by Crippen LogP contribution is 2.48. The van der Waals surface area contributed by atoms with E-state index in [2.05, 4.69) is 61.0 Å². The van der Waals surface area contributed by atoms with Gasteiger partial charge in [-0.05, 0) is 129 Å². The average Bonchev–Trinajstić information content (AvgIpc) is 3.92. The molecule has 3 atom stereocenters. The standard InChI is InChI=1S/C51H54FN7O6/c1-64-46-27-42-43(53-22-16-45(42)65-40-12-10-37(11-13-40)55-50(63)51(20-21-51)49(62)54-36-8-6-35(52)7-9-36)28-44(46)57-23-18-33(19-24-57)29-59-31-38-26-39(59)30-58(38)25-17-32-2-4-34(5-3-32)41-14-15-47(60)56-48(41)61/h2-13,16,22,27-28,33,38-39,41H,14-15,17-21,23-26,29-31H2,1H3,(H,54,62)(H,55,63)(H,56,60,61)/t38-,39-,41?/m0/s1. The fourth-order valence-electron chi connectivity index (χ4n) is 10.3. The van der Waals surface area contributed by atoms with Gasteiger partial charge in [0.25, 0.3) is 0 Å². The summed E-state index contributed by atoms with van der Waals surface area (Å²) in [5.41, 5.74) is 3.92. The predicted molar refractivity (Wildman–Crippen MR) is 246 cm³/mol. The quantitative estimate of drug-likeness (QED) is 0.0770. The Morgan fingerprint density at radius 3 is 2.15 bits per heavy atom. The molecule has 4 aromatic carbocycles. The Kier molecular flexibility index (Phi) is 11.7. The zero-order valence-corrected chi connectivity index (χ0v) is 36.6. The molecule has 5 aromatic rings. The van der Waals surface area contributed by atoms with E-state index in [0.717, 1.165) is 86.4 Å². The van der Waals surface area contributed by atoms with Crippen molar-refractivity contribution in [2.45, 2.75) is 69.4 Å². The summed E-state index contributed by atoms with van der Waals surface area (Å²) in [5, 5.41) is 8.91. The van der Waals surface area contributed by atoms with Gasteiger partial charge in [0.05, 0.1) is 24.2 Å². The molecule has 3 N–H and O–H groups in total. The van der Waals surface area contributed by atoms with E-state index in [9.17, 15) is 23.6 Å². The van der Waals surface area contributed by atoms with Gasteiger partial charge in [-0.3, -0.25) is 39.3 Å². The highest BCUT2D eigenvalue weighted by Gasteiger charge is 2.56. The number of carbonyl (C=O) groups is 4. The topological polar surface area (TPSA) is 145 Å². The van der Waals surface area contributed by atoms with Crippen LogP contribution < -0.4 is 30.3 Å². The van der Waals surface area contributed by atoms with Gasteiger partial charge in [-0.2, -0.15) is 0 Å². The number of piperidine rings is 2. The van der Waals surface area contributed by atoms with Crippen LogP contribution in [0.3, 0.4) is 0 Å². The van der Waals surface area contributed by atoms with E-state index >= 15 is 0 Å². The first-order valence-electron chi connectivity index (χ1n) is 22.9. The molecule has 1 saturated carbocycles. The third kappa shape index (κ3) is 9.01. The first-order chi connectivity index (χ1) is 31.6. The molecule has 4 saturated heterocycles. The number of amides is 4. The van der Waals surface area contributed by atoms with Crippen LogP contribution in [0.5, 0.6) is 17.2 Å². The first-order valence-corrected chi connectivity index (χ1v) is 22.9. The van der Waals surface area contributed by atoms with Gasteiger partial charge in [0.2, 0.25) is 23.6 Å². The Morgan fingerprint density at radius 2 is 1.51 bits per heavy atom. The average molecular weight is 880 g/mol.